The van der Waals surface area contributed by atoms with Crippen molar-refractivity contribution >= 4 is 16.8 Å². The minimum absolute atomic E-state index is 0.0223. The van der Waals surface area contributed by atoms with Crippen LogP contribution < -0.4 is 14.2 Å². The van der Waals surface area contributed by atoms with Crippen LogP contribution in [0.1, 0.15) is 42.6 Å². The number of benzene rings is 2. The number of fused-ring (bicyclic) bond motifs is 5. The summed E-state index contributed by atoms with van der Waals surface area (Å²) in [6.07, 6.45) is 1.78. The largest absolute Gasteiger partial charge is 0.497 e. The van der Waals surface area contributed by atoms with Gasteiger partial charge in [0.05, 0.1) is 25.3 Å². The molecular formula is C28H33N3O5. The molecule has 1 amide bonds. The van der Waals surface area contributed by atoms with Gasteiger partial charge in [0.25, 0.3) is 0 Å². The number of aliphatic hydroxyl groups excluding tert-OH is 1. The monoisotopic (exact) mass is 491 g/mol. The Kier molecular flexibility index (Phi) is 5.61. The number of aliphatic hydroxyl groups is 1. The standard InChI is InChI=1S/C28H33N3O5/c1-18(33)30-10-8-28(9-11-30)16-31(14-19-4-7-24-25(12-19)36-17-35-24)23(15-32)27-26(28)21-6-5-20(34-3)13-22(21)29(27)2/h4-7,12-13,23,32H,8-11,14-17H2,1-3H3/t23-/m0/s1. The molecule has 3 aliphatic heterocycles. The summed E-state index contributed by atoms with van der Waals surface area (Å²) in [7, 11) is 3.78. The molecule has 36 heavy (non-hydrogen) atoms. The quantitative estimate of drug-likeness (QED) is 0.603. The first-order valence-electron chi connectivity index (χ1n) is 12.6. The number of methoxy groups -OCH3 is 1. The van der Waals surface area contributed by atoms with Gasteiger partial charge in [-0.25, -0.2) is 0 Å². The lowest BCUT2D eigenvalue weighted by Crippen LogP contribution is -2.54. The lowest BCUT2D eigenvalue weighted by Gasteiger charge is -2.50. The van der Waals surface area contributed by atoms with Gasteiger partial charge < -0.3 is 28.8 Å². The van der Waals surface area contributed by atoms with Crippen LogP contribution in [0, 0.1) is 0 Å². The van der Waals surface area contributed by atoms with Gasteiger partial charge in [-0.05, 0) is 48.2 Å². The Morgan fingerprint density at radius 3 is 2.64 bits per heavy atom. The van der Waals surface area contributed by atoms with E-state index in [0.717, 1.165) is 66.5 Å². The maximum Gasteiger partial charge on any atom is 0.231 e. The van der Waals surface area contributed by atoms with Crippen LogP contribution in [0.4, 0.5) is 0 Å². The van der Waals surface area contributed by atoms with Gasteiger partial charge in [0.2, 0.25) is 12.7 Å². The highest BCUT2D eigenvalue weighted by molar-refractivity contribution is 5.88. The third-order valence-electron chi connectivity index (χ3n) is 8.41. The van der Waals surface area contributed by atoms with Crippen molar-refractivity contribution in [3.63, 3.8) is 0 Å². The van der Waals surface area contributed by atoms with Crippen LogP contribution in [0.2, 0.25) is 0 Å². The van der Waals surface area contributed by atoms with Gasteiger partial charge in [0.15, 0.2) is 11.5 Å². The van der Waals surface area contributed by atoms with Crippen molar-refractivity contribution in [1.82, 2.24) is 14.4 Å². The van der Waals surface area contributed by atoms with Gasteiger partial charge in [-0.3, -0.25) is 9.69 Å². The first-order valence-corrected chi connectivity index (χ1v) is 12.6. The first kappa shape index (κ1) is 23.2. The smallest absolute Gasteiger partial charge is 0.231 e. The second-order valence-corrected chi connectivity index (χ2v) is 10.3. The summed E-state index contributed by atoms with van der Waals surface area (Å²) in [6.45, 7) is 4.91. The molecule has 8 heteroatoms. The fourth-order valence-electron chi connectivity index (χ4n) is 6.56. The fraction of sp³-hybridized carbons (Fsp3) is 0.464. The summed E-state index contributed by atoms with van der Waals surface area (Å²) >= 11 is 0. The summed E-state index contributed by atoms with van der Waals surface area (Å²) in [5, 5.41) is 11.9. The molecule has 190 valence electrons. The molecule has 2 aromatic carbocycles. The van der Waals surface area contributed by atoms with E-state index in [1.807, 2.05) is 23.1 Å². The van der Waals surface area contributed by atoms with Crippen LogP contribution in [0.25, 0.3) is 10.9 Å². The molecule has 1 fully saturated rings. The molecule has 1 saturated heterocycles. The van der Waals surface area contributed by atoms with Gasteiger partial charge >= 0.3 is 0 Å². The van der Waals surface area contributed by atoms with Crippen molar-refractivity contribution in [2.24, 2.45) is 7.05 Å². The van der Waals surface area contributed by atoms with Gasteiger partial charge in [-0.1, -0.05) is 6.07 Å². The zero-order valence-electron chi connectivity index (χ0n) is 21.1. The number of carbonyl (C=O) groups is 1. The van der Waals surface area contributed by atoms with Crippen LogP contribution in [-0.4, -0.2) is 65.5 Å². The van der Waals surface area contributed by atoms with Gasteiger partial charge in [-0.2, -0.15) is 0 Å². The molecular weight excluding hydrogens is 458 g/mol. The SMILES string of the molecule is COc1ccc2c3c(n(C)c2c1)[C@H](CO)N(Cc1ccc2c(c1)OCO2)CC31CCN(C(C)=O)CC1. The number of ether oxygens (including phenoxy) is 3. The summed E-state index contributed by atoms with van der Waals surface area (Å²) in [4.78, 5) is 16.5. The highest BCUT2D eigenvalue weighted by Crippen LogP contribution is 2.50. The molecule has 4 heterocycles. The van der Waals surface area contributed by atoms with E-state index in [1.54, 1.807) is 14.0 Å². The van der Waals surface area contributed by atoms with E-state index in [0.29, 0.717) is 6.54 Å². The zero-order valence-corrected chi connectivity index (χ0v) is 21.1. The van der Waals surface area contributed by atoms with Crippen LogP contribution in [0.5, 0.6) is 17.2 Å². The number of likely N-dealkylation sites (tertiary alicyclic amines) is 1. The third kappa shape index (κ3) is 3.54. The molecule has 0 radical (unpaired) electrons. The summed E-state index contributed by atoms with van der Waals surface area (Å²) in [5.74, 6) is 2.49. The van der Waals surface area contributed by atoms with Crippen molar-refractivity contribution in [2.75, 3.05) is 40.1 Å². The van der Waals surface area contributed by atoms with E-state index in [4.69, 9.17) is 14.2 Å². The van der Waals surface area contributed by atoms with Crippen molar-refractivity contribution < 1.29 is 24.1 Å². The molecule has 1 N–H and O–H groups in total. The Balaban J connectivity index is 1.46. The summed E-state index contributed by atoms with van der Waals surface area (Å²) < 4.78 is 18.9. The van der Waals surface area contributed by atoms with E-state index < -0.39 is 0 Å². The molecule has 0 saturated carbocycles. The van der Waals surface area contributed by atoms with Crippen molar-refractivity contribution in [3.05, 3.63) is 53.2 Å². The Morgan fingerprint density at radius 2 is 1.92 bits per heavy atom. The normalized spacial score (nSPS) is 20.7. The fourth-order valence-corrected chi connectivity index (χ4v) is 6.56. The summed E-state index contributed by atoms with van der Waals surface area (Å²) in [5.41, 5.74) is 4.60. The van der Waals surface area contributed by atoms with E-state index in [9.17, 15) is 9.90 Å². The molecule has 1 atom stereocenters. The molecule has 0 unspecified atom stereocenters. The number of aromatic nitrogens is 1. The molecule has 1 spiro atoms. The molecule has 8 nitrogen and oxygen atoms in total. The van der Waals surface area contributed by atoms with E-state index in [-0.39, 0.29) is 30.8 Å². The van der Waals surface area contributed by atoms with E-state index in [1.165, 1.54) is 10.9 Å². The Hall–Kier alpha value is -3.23. The number of carbonyl (C=O) groups excluding carboxylic acids is 1. The van der Waals surface area contributed by atoms with Gasteiger partial charge in [0, 0.05) is 62.7 Å². The number of amides is 1. The Labute approximate surface area is 210 Å². The number of piperidine rings is 1. The zero-order chi connectivity index (χ0) is 25.0. The maximum atomic E-state index is 12.1. The molecule has 0 aliphatic carbocycles. The minimum atomic E-state index is -0.148. The lowest BCUT2D eigenvalue weighted by atomic mass is 9.68. The average molecular weight is 492 g/mol. The Morgan fingerprint density at radius 1 is 1.14 bits per heavy atom. The highest BCUT2D eigenvalue weighted by Gasteiger charge is 2.48. The second-order valence-electron chi connectivity index (χ2n) is 10.3. The third-order valence-corrected chi connectivity index (χ3v) is 8.41. The predicted molar refractivity (Wildman–Crippen MR) is 135 cm³/mol. The van der Waals surface area contributed by atoms with Crippen LogP contribution in [0.3, 0.4) is 0 Å². The highest BCUT2D eigenvalue weighted by atomic mass is 16.7. The number of hydrogen-bond donors (Lipinski definition) is 1. The lowest BCUT2D eigenvalue weighted by molar-refractivity contribution is -0.130. The number of hydrogen-bond acceptors (Lipinski definition) is 6. The van der Waals surface area contributed by atoms with Crippen LogP contribution in [0.15, 0.2) is 36.4 Å². The second kappa shape index (κ2) is 8.71. The first-order chi connectivity index (χ1) is 17.4. The molecule has 6 rings (SSSR count). The number of aryl methyl sites for hydroxylation is 1. The van der Waals surface area contributed by atoms with Crippen LogP contribution >= 0.6 is 0 Å². The molecule has 1 aromatic heterocycles. The van der Waals surface area contributed by atoms with Crippen LogP contribution in [-0.2, 0) is 23.8 Å². The predicted octanol–water partition coefficient (Wildman–Crippen LogP) is 3.34. The summed E-state index contributed by atoms with van der Waals surface area (Å²) in [6, 6.07) is 12.2. The molecule has 0 bridgehead atoms. The molecule has 3 aromatic rings. The number of rotatable bonds is 4. The van der Waals surface area contributed by atoms with Crippen molar-refractivity contribution in [3.8, 4) is 17.2 Å². The number of nitrogens with zero attached hydrogens (tertiary/aromatic N) is 3. The van der Waals surface area contributed by atoms with E-state index in [2.05, 4.69) is 34.7 Å². The van der Waals surface area contributed by atoms with Crippen molar-refractivity contribution in [1.29, 1.82) is 0 Å². The average Bonchev–Trinajstić information content (AvgIpc) is 3.47. The Bertz CT molecular complexity index is 1320. The minimum Gasteiger partial charge on any atom is -0.497 e. The van der Waals surface area contributed by atoms with Gasteiger partial charge in [-0.15, -0.1) is 0 Å². The molecule has 3 aliphatic rings. The van der Waals surface area contributed by atoms with E-state index >= 15 is 0 Å². The topological polar surface area (TPSA) is 76.4 Å². The van der Waals surface area contributed by atoms with Gasteiger partial charge in [0.1, 0.15) is 5.75 Å². The van der Waals surface area contributed by atoms with Crippen molar-refractivity contribution in [2.45, 2.75) is 37.8 Å². The maximum absolute atomic E-state index is 12.1.